The quantitative estimate of drug-likeness (QED) is 0.759. The fourth-order valence-corrected chi connectivity index (χ4v) is 3.27. The summed E-state index contributed by atoms with van der Waals surface area (Å²) < 4.78 is 0. The highest BCUT2D eigenvalue weighted by Crippen LogP contribution is 2.26. The molecule has 1 amide bonds. The van der Waals surface area contributed by atoms with Crippen molar-refractivity contribution >= 4 is 11.7 Å². The number of rotatable bonds is 5. The van der Waals surface area contributed by atoms with Crippen LogP contribution >= 0.6 is 0 Å². The molecule has 3 aromatic rings. The van der Waals surface area contributed by atoms with Crippen molar-refractivity contribution in [3.8, 4) is 11.3 Å². The third-order valence-corrected chi connectivity index (χ3v) is 4.96. The van der Waals surface area contributed by atoms with Gasteiger partial charge in [-0.15, -0.1) is 0 Å². The van der Waals surface area contributed by atoms with Crippen molar-refractivity contribution in [3.05, 3.63) is 78.6 Å². The Hall–Kier alpha value is -3.21. The van der Waals surface area contributed by atoms with Crippen molar-refractivity contribution in [3.63, 3.8) is 0 Å². The lowest BCUT2D eigenvalue weighted by atomic mass is 9.98. The van der Waals surface area contributed by atoms with Crippen LogP contribution in [0.15, 0.2) is 73.1 Å². The van der Waals surface area contributed by atoms with Gasteiger partial charge in [-0.25, -0.2) is 9.97 Å². The van der Waals surface area contributed by atoms with Crippen LogP contribution in [0.3, 0.4) is 0 Å². The number of carbonyl (C=O) groups excluding carboxylic acids is 1. The Labute approximate surface area is 159 Å². The third-order valence-electron chi connectivity index (χ3n) is 4.96. The Balaban J connectivity index is 1.36. The van der Waals surface area contributed by atoms with Gasteiger partial charge in [0.1, 0.15) is 12.1 Å². The second-order valence-corrected chi connectivity index (χ2v) is 6.87. The molecule has 0 bridgehead atoms. The molecule has 0 spiro atoms. The van der Waals surface area contributed by atoms with Crippen molar-refractivity contribution < 1.29 is 4.79 Å². The number of carbonyl (C=O) groups is 1. The predicted molar refractivity (Wildman–Crippen MR) is 106 cm³/mol. The van der Waals surface area contributed by atoms with Crippen LogP contribution in [0.2, 0.25) is 0 Å². The van der Waals surface area contributed by atoms with Gasteiger partial charge in [0.2, 0.25) is 5.91 Å². The summed E-state index contributed by atoms with van der Waals surface area (Å²) in [6.07, 6.45) is 1.59. The average molecular weight is 358 g/mol. The first-order valence-corrected chi connectivity index (χ1v) is 9.18. The van der Waals surface area contributed by atoms with Crippen molar-refractivity contribution in [2.24, 2.45) is 5.92 Å². The number of nitrogens with one attached hydrogen (secondary N) is 1. The molecular weight excluding hydrogens is 336 g/mol. The number of nitrogens with zero attached hydrogens (tertiary/aromatic N) is 3. The van der Waals surface area contributed by atoms with E-state index in [0.717, 1.165) is 22.6 Å². The molecule has 1 aromatic heterocycles. The van der Waals surface area contributed by atoms with E-state index < -0.39 is 0 Å². The third kappa shape index (κ3) is 3.82. The molecule has 1 atom stereocenters. The summed E-state index contributed by atoms with van der Waals surface area (Å²) in [6.45, 7) is 3.37. The number of anilines is 1. The number of hydrogen-bond acceptors (Lipinski definition) is 4. The fourth-order valence-electron chi connectivity index (χ4n) is 3.27. The normalized spacial score (nSPS) is 15.1. The molecule has 1 fully saturated rings. The van der Waals surface area contributed by atoms with E-state index in [0.29, 0.717) is 13.1 Å². The van der Waals surface area contributed by atoms with Crippen LogP contribution in [0.4, 0.5) is 5.82 Å². The van der Waals surface area contributed by atoms with Crippen LogP contribution in [0, 0.1) is 5.92 Å². The molecule has 136 valence electrons. The van der Waals surface area contributed by atoms with E-state index in [4.69, 9.17) is 0 Å². The topological polar surface area (TPSA) is 58.1 Å². The zero-order valence-electron chi connectivity index (χ0n) is 15.2. The standard InChI is InChI=1S/C22H22N4O/c1-16(17-8-4-2-5-9-17)25-22(27)19-13-26(14-19)21-12-20(23-15-24-21)18-10-6-3-7-11-18/h2-12,15-16,19H,13-14H2,1H3,(H,25,27)/t16-/m0/s1. The van der Waals surface area contributed by atoms with Crippen LogP contribution in [-0.2, 0) is 4.79 Å². The summed E-state index contributed by atoms with van der Waals surface area (Å²) in [5, 5.41) is 3.11. The Morgan fingerprint density at radius 2 is 1.70 bits per heavy atom. The minimum atomic E-state index is -0.00805. The molecule has 2 aromatic carbocycles. The lowest BCUT2D eigenvalue weighted by molar-refractivity contribution is -0.126. The molecule has 2 heterocycles. The van der Waals surface area contributed by atoms with E-state index in [-0.39, 0.29) is 17.9 Å². The summed E-state index contributed by atoms with van der Waals surface area (Å²) >= 11 is 0. The van der Waals surface area contributed by atoms with Gasteiger partial charge in [-0.1, -0.05) is 60.7 Å². The van der Waals surface area contributed by atoms with Crippen LogP contribution in [0.25, 0.3) is 11.3 Å². The van der Waals surface area contributed by atoms with E-state index in [1.807, 2.05) is 73.7 Å². The fraction of sp³-hybridized carbons (Fsp3) is 0.227. The van der Waals surface area contributed by atoms with Crippen LogP contribution in [0.5, 0.6) is 0 Å². The van der Waals surface area contributed by atoms with E-state index in [2.05, 4.69) is 20.2 Å². The first kappa shape index (κ1) is 17.2. The predicted octanol–water partition coefficient (Wildman–Crippen LogP) is 3.46. The van der Waals surface area contributed by atoms with Gasteiger partial charge in [0, 0.05) is 24.7 Å². The van der Waals surface area contributed by atoms with Gasteiger partial charge in [0.25, 0.3) is 0 Å². The minimum Gasteiger partial charge on any atom is -0.355 e. The molecule has 4 rings (SSSR count). The summed E-state index contributed by atoms with van der Waals surface area (Å²) in [5.74, 6) is 0.954. The summed E-state index contributed by atoms with van der Waals surface area (Å²) in [4.78, 5) is 23.4. The molecule has 1 N–H and O–H groups in total. The highest BCUT2D eigenvalue weighted by Gasteiger charge is 2.34. The summed E-state index contributed by atoms with van der Waals surface area (Å²) in [6, 6.07) is 22.1. The highest BCUT2D eigenvalue weighted by atomic mass is 16.2. The summed E-state index contributed by atoms with van der Waals surface area (Å²) in [7, 11) is 0. The molecular formula is C22H22N4O. The first-order valence-electron chi connectivity index (χ1n) is 9.18. The van der Waals surface area contributed by atoms with Gasteiger partial charge in [-0.2, -0.15) is 0 Å². The Bertz CT molecular complexity index is 908. The van der Waals surface area contributed by atoms with Gasteiger partial charge < -0.3 is 10.2 Å². The molecule has 0 saturated carbocycles. The molecule has 0 unspecified atom stereocenters. The van der Waals surface area contributed by atoms with Crippen LogP contribution in [-0.4, -0.2) is 29.0 Å². The molecule has 5 heteroatoms. The van der Waals surface area contributed by atoms with Gasteiger partial charge in [-0.3, -0.25) is 4.79 Å². The molecule has 0 aliphatic carbocycles. The van der Waals surface area contributed by atoms with Crippen molar-refractivity contribution in [1.29, 1.82) is 0 Å². The first-order chi connectivity index (χ1) is 13.2. The van der Waals surface area contributed by atoms with E-state index in [1.54, 1.807) is 6.33 Å². The number of hydrogen-bond donors (Lipinski definition) is 1. The van der Waals surface area contributed by atoms with E-state index in [9.17, 15) is 4.79 Å². The van der Waals surface area contributed by atoms with Crippen LogP contribution in [0.1, 0.15) is 18.5 Å². The zero-order chi connectivity index (χ0) is 18.6. The van der Waals surface area contributed by atoms with Crippen molar-refractivity contribution in [1.82, 2.24) is 15.3 Å². The minimum absolute atomic E-state index is 0.00805. The molecule has 5 nitrogen and oxygen atoms in total. The number of benzene rings is 2. The zero-order valence-corrected chi connectivity index (χ0v) is 15.2. The summed E-state index contributed by atoms with van der Waals surface area (Å²) in [5.41, 5.74) is 3.07. The smallest absolute Gasteiger partial charge is 0.227 e. The van der Waals surface area contributed by atoms with Crippen LogP contribution < -0.4 is 10.2 Å². The molecule has 1 saturated heterocycles. The number of aromatic nitrogens is 2. The molecule has 0 radical (unpaired) electrons. The van der Waals surface area contributed by atoms with Crippen molar-refractivity contribution in [2.45, 2.75) is 13.0 Å². The second-order valence-electron chi connectivity index (χ2n) is 6.87. The lowest BCUT2D eigenvalue weighted by Crippen LogP contribution is -2.54. The molecule has 1 aliphatic heterocycles. The SMILES string of the molecule is C[C@H](NC(=O)C1CN(c2cc(-c3ccccc3)ncn2)C1)c1ccccc1. The highest BCUT2D eigenvalue weighted by molar-refractivity contribution is 5.82. The Kier molecular flexibility index (Phi) is 4.83. The maximum atomic E-state index is 12.5. The molecule has 27 heavy (non-hydrogen) atoms. The monoisotopic (exact) mass is 358 g/mol. The van der Waals surface area contributed by atoms with E-state index >= 15 is 0 Å². The lowest BCUT2D eigenvalue weighted by Gasteiger charge is -2.39. The van der Waals surface area contributed by atoms with Gasteiger partial charge in [0.05, 0.1) is 17.7 Å². The maximum absolute atomic E-state index is 12.5. The van der Waals surface area contributed by atoms with Gasteiger partial charge in [-0.05, 0) is 12.5 Å². The van der Waals surface area contributed by atoms with Gasteiger partial charge in [0.15, 0.2) is 0 Å². The van der Waals surface area contributed by atoms with Gasteiger partial charge >= 0.3 is 0 Å². The molecule has 1 aliphatic rings. The Morgan fingerprint density at radius 3 is 2.41 bits per heavy atom. The second kappa shape index (κ2) is 7.58. The average Bonchev–Trinajstić information content (AvgIpc) is 2.68. The maximum Gasteiger partial charge on any atom is 0.227 e. The largest absolute Gasteiger partial charge is 0.355 e. The van der Waals surface area contributed by atoms with Crippen molar-refractivity contribution in [2.75, 3.05) is 18.0 Å². The Morgan fingerprint density at radius 1 is 1.04 bits per heavy atom. The number of amides is 1. The van der Waals surface area contributed by atoms with E-state index in [1.165, 1.54) is 0 Å².